The van der Waals surface area contributed by atoms with E-state index in [1.807, 2.05) is 0 Å². The standard InChI is InChI=1S/C10H10ClN3O3/c1-3-6(2)13-10(15)8-4-7(14(16)17)5-12-9(8)11/h3-6H,1H2,2H3,(H,13,15). The van der Waals surface area contributed by atoms with Crippen LogP contribution < -0.4 is 5.32 Å². The monoisotopic (exact) mass is 255 g/mol. The minimum absolute atomic E-state index is 0.0328. The van der Waals surface area contributed by atoms with Crippen LogP contribution in [0.5, 0.6) is 0 Å². The predicted octanol–water partition coefficient (Wildman–Crippen LogP) is 1.95. The van der Waals surface area contributed by atoms with E-state index in [2.05, 4.69) is 16.9 Å². The fraction of sp³-hybridized carbons (Fsp3) is 0.200. The molecule has 0 aliphatic carbocycles. The number of halogens is 1. The second kappa shape index (κ2) is 5.40. The molecule has 6 nitrogen and oxygen atoms in total. The van der Waals surface area contributed by atoms with Gasteiger partial charge in [0.2, 0.25) is 0 Å². The molecule has 90 valence electrons. The van der Waals surface area contributed by atoms with Crippen molar-refractivity contribution >= 4 is 23.2 Å². The molecule has 1 rings (SSSR count). The van der Waals surface area contributed by atoms with Crippen LogP contribution in [0, 0.1) is 10.1 Å². The van der Waals surface area contributed by atoms with Crippen molar-refractivity contribution in [2.75, 3.05) is 0 Å². The van der Waals surface area contributed by atoms with E-state index in [9.17, 15) is 14.9 Å². The second-order valence-corrected chi connectivity index (χ2v) is 3.64. The number of hydrogen-bond donors (Lipinski definition) is 1. The van der Waals surface area contributed by atoms with Gasteiger partial charge in [0.1, 0.15) is 11.3 Å². The van der Waals surface area contributed by atoms with Gasteiger partial charge in [-0.1, -0.05) is 17.7 Å². The van der Waals surface area contributed by atoms with Crippen molar-refractivity contribution in [3.63, 3.8) is 0 Å². The van der Waals surface area contributed by atoms with Gasteiger partial charge >= 0.3 is 0 Å². The molecule has 0 aliphatic rings. The van der Waals surface area contributed by atoms with Crippen molar-refractivity contribution in [1.82, 2.24) is 10.3 Å². The molecule has 0 aliphatic heterocycles. The highest BCUT2D eigenvalue weighted by Gasteiger charge is 2.17. The maximum Gasteiger partial charge on any atom is 0.288 e. The van der Waals surface area contributed by atoms with Crippen molar-refractivity contribution in [2.45, 2.75) is 13.0 Å². The Morgan fingerprint density at radius 1 is 1.76 bits per heavy atom. The fourth-order valence-electron chi connectivity index (χ4n) is 1.04. The predicted molar refractivity (Wildman–Crippen MR) is 63.0 cm³/mol. The summed E-state index contributed by atoms with van der Waals surface area (Å²) >= 11 is 5.70. The molecule has 1 atom stereocenters. The minimum Gasteiger partial charge on any atom is -0.346 e. The fourth-order valence-corrected chi connectivity index (χ4v) is 1.23. The van der Waals surface area contributed by atoms with Gasteiger partial charge < -0.3 is 5.32 Å². The Kier molecular flexibility index (Phi) is 4.17. The third kappa shape index (κ3) is 3.25. The Morgan fingerprint density at radius 3 is 2.94 bits per heavy atom. The van der Waals surface area contributed by atoms with Crippen molar-refractivity contribution in [1.29, 1.82) is 0 Å². The topological polar surface area (TPSA) is 85.1 Å². The summed E-state index contributed by atoms with van der Waals surface area (Å²) < 4.78 is 0. The zero-order valence-electron chi connectivity index (χ0n) is 9.01. The summed E-state index contributed by atoms with van der Waals surface area (Å²) in [6.45, 7) is 5.22. The van der Waals surface area contributed by atoms with Crippen molar-refractivity contribution in [3.05, 3.63) is 45.7 Å². The van der Waals surface area contributed by atoms with Gasteiger partial charge in [-0.15, -0.1) is 6.58 Å². The number of carbonyl (C=O) groups excluding carboxylic acids is 1. The molecule has 0 fully saturated rings. The summed E-state index contributed by atoms with van der Waals surface area (Å²) in [7, 11) is 0. The zero-order chi connectivity index (χ0) is 13.0. The quantitative estimate of drug-likeness (QED) is 0.386. The summed E-state index contributed by atoms with van der Waals surface area (Å²) in [5.41, 5.74) is -0.319. The van der Waals surface area contributed by atoms with Crippen LogP contribution in [-0.2, 0) is 0 Å². The third-order valence-corrected chi connectivity index (χ3v) is 2.29. The van der Waals surface area contributed by atoms with Crippen LogP contribution in [-0.4, -0.2) is 21.9 Å². The summed E-state index contributed by atoms with van der Waals surface area (Å²) in [5, 5.41) is 13.0. The molecular formula is C10H10ClN3O3. The lowest BCUT2D eigenvalue weighted by molar-refractivity contribution is -0.385. The first-order valence-electron chi connectivity index (χ1n) is 4.69. The van der Waals surface area contributed by atoms with Crippen LogP contribution in [0.3, 0.4) is 0 Å². The molecule has 1 aromatic heterocycles. The van der Waals surface area contributed by atoms with E-state index in [1.54, 1.807) is 6.92 Å². The Morgan fingerprint density at radius 2 is 2.41 bits per heavy atom. The number of amides is 1. The highest BCUT2D eigenvalue weighted by atomic mass is 35.5. The third-order valence-electron chi connectivity index (χ3n) is 1.99. The summed E-state index contributed by atoms with van der Waals surface area (Å²) in [6, 6.07) is 0.818. The molecule has 1 aromatic rings. The van der Waals surface area contributed by atoms with Gasteiger partial charge in [0, 0.05) is 12.1 Å². The Labute approximate surface area is 102 Å². The summed E-state index contributed by atoms with van der Waals surface area (Å²) in [6.07, 6.45) is 2.52. The van der Waals surface area contributed by atoms with Gasteiger partial charge in [0.25, 0.3) is 11.6 Å². The maximum atomic E-state index is 11.7. The van der Waals surface area contributed by atoms with Crippen molar-refractivity contribution in [2.24, 2.45) is 0 Å². The SMILES string of the molecule is C=CC(C)NC(=O)c1cc([N+](=O)[O-])cnc1Cl. The molecule has 0 saturated heterocycles. The van der Waals surface area contributed by atoms with Crippen molar-refractivity contribution in [3.8, 4) is 0 Å². The number of aromatic nitrogens is 1. The number of pyridine rings is 1. The second-order valence-electron chi connectivity index (χ2n) is 3.29. The number of carbonyl (C=O) groups is 1. The smallest absolute Gasteiger partial charge is 0.288 e. The van der Waals surface area contributed by atoms with E-state index >= 15 is 0 Å². The van der Waals surface area contributed by atoms with Gasteiger partial charge in [-0.3, -0.25) is 14.9 Å². The molecule has 0 radical (unpaired) electrons. The maximum absolute atomic E-state index is 11.7. The number of nitrogens with zero attached hydrogens (tertiary/aromatic N) is 2. The van der Waals surface area contributed by atoms with Crippen LogP contribution in [0.25, 0.3) is 0 Å². The number of rotatable bonds is 4. The van der Waals surface area contributed by atoms with Crippen molar-refractivity contribution < 1.29 is 9.72 Å². The first-order chi connectivity index (χ1) is 7.95. The molecule has 0 aromatic carbocycles. The Balaban J connectivity index is 3.03. The molecule has 1 unspecified atom stereocenters. The summed E-state index contributed by atoms with van der Waals surface area (Å²) in [4.78, 5) is 25.2. The normalized spacial score (nSPS) is 11.6. The first kappa shape index (κ1) is 13.1. The zero-order valence-corrected chi connectivity index (χ0v) is 9.77. The minimum atomic E-state index is -0.642. The average molecular weight is 256 g/mol. The van der Waals surface area contributed by atoms with Crippen LogP contribution in [0.2, 0.25) is 5.15 Å². The average Bonchev–Trinajstić information content (AvgIpc) is 2.28. The summed E-state index contributed by atoms with van der Waals surface area (Å²) in [5.74, 6) is -0.529. The lowest BCUT2D eigenvalue weighted by Crippen LogP contribution is -2.31. The largest absolute Gasteiger partial charge is 0.346 e. The van der Waals surface area contributed by atoms with Crippen LogP contribution in [0.1, 0.15) is 17.3 Å². The molecule has 0 spiro atoms. The number of nitrogens with one attached hydrogen (secondary N) is 1. The van der Waals surface area contributed by atoms with Gasteiger partial charge in [0.15, 0.2) is 0 Å². The molecule has 17 heavy (non-hydrogen) atoms. The van der Waals surface area contributed by atoms with E-state index in [0.29, 0.717) is 0 Å². The number of nitro groups is 1. The van der Waals surface area contributed by atoms with E-state index in [0.717, 1.165) is 12.3 Å². The van der Waals surface area contributed by atoms with E-state index in [4.69, 9.17) is 11.6 Å². The van der Waals surface area contributed by atoms with E-state index < -0.39 is 10.8 Å². The Bertz CT molecular complexity index is 476. The van der Waals surface area contributed by atoms with Gasteiger partial charge in [-0.25, -0.2) is 4.98 Å². The molecule has 1 heterocycles. The van der Waals surface area contributed by atoms with Gasteiger partial charge in [0.05, 0.1) is 10.5 Å². The molecule has 1 amide bonds. The van der Waals surface area contributed by atoms with Gasteiger partial charge in [-0.05, 0) is 6.92 Å². The molecule has 7 heteroatoms. The molecule has 0 saturated carbocycles. The van der Waals surface area contributed by atoms with E-state index in [-0.39, 0.29) is 22.4 Å². The molecule has 1 N–H and O–H groups in total. The molecule has 0 bridgehead atoms. The highest BCUT2D eigenvalue weighted by molar-refractivity contribution is 6.32. The van der Waals surface area contributed by atoms with E-state index in [1.165, 1.54) is 6.08 Å². The highest BCUT2D eigenvalue weighted by Crippen LogP contribution is 2.19. The first-order valence-corrected chi connectivity index (χ1v) is 5.07. The van der Waals surface area contributed by atoms with Gasteiger partial charge in [-0.2, -0.15) is 0 Å². The lowest BCUT2D eigenvalue weighted by atomic mass is 10.2. The lowest BCUT2D eigenvalue weighted by Gasteiger charge is -2.09. The van der Waals surface area contributed by atoms with Crippen LogP contribution in [0.4, 0.5) is 5.69 Å². The van der Waals surface area contributed by atoms with Crippen LogP contribution in [0.15, 0.2) is 24.9 Å². The molecular weight excluding hydrogens is 246 g/mol. The van der Waals surface area contributed by atoms with Crippen LogP contribution >= 0.6 is 11.6 Å². The Hall–Kier alpha value is -1.95. The number of hydrogen-bond acceptors (Lipinski definition) is 4.